The summed E-state index contributed by atoms with van der Waals surface area (Å²) in [5, 5.41) is 3.35. The number of para-hydroxylation sites is 1. The van der Waals surface area contributed by atoms with Crippen molar-refractivity contribution < 1.29 is 0 Å². The molecule has 0 bridgehead atoms. The number of unbranched alkanes of at least 4 members (excludes halogenated alkanes) is 5. The molecule has 0 aliphatic heterocycles. The van der Waals surface area contributed by atoms with Crippen LogP contribution in [0.3, 0.4) is 0 Å². The van der Waals surface area contributed by atoms with Crippen LogP contribution in [0, 0.1) is 0 Å². The maximum absolute atomic E-state index is 3.35. The van der Waals surface area contributed by atoms with E-state index in [1.54, 1.807) is 0 Å². The van der Waals surface area contributed by atoms with Crippen molar-refractivity contribution in [2.45, 2.75) is 77.6 Å². The first kappa shape index (κ1) is 17.1. The van der Waals surface area contributed by atoms with Crippen LogP contribution in [0.2, 0.25) is 0 Å². The summed E-state index contributed by atoms with van der Waals surface area (Å²) in [5.74, 6) is 0.731. The number of benzene rings is 1. The predicted octanol–water partition coefficient (Wildman–Crippen LogP) is 6.36. The first-order valence-corrected chi connectivity index (χ1v) is 8.60. The average Bonchev–Trinajstić information content (AvgIpc) is 2.49. The van der Waals surface area contributed by atoms with Crippen LogP contribution in [0.1, 0.15) is 83.1 Å². The second-order valence-electron chi connectivity index (χ2n) is 5.88. The van der Waals surface area contributed by atoms with E-state index in [9.17, 15) is 0 Å². The van der Waals surface area contributed by atoms with E-state index in [0.717, 1.165) is 5.92 Å². The van der Waals surface area contributed by atoms with Gasteiger partial charge in [0.25, 0.3) is 0 Å². The van der Waals surface area contributed by atoms with Gasteiger partial charge in [-0.05, 0) is 30.4 Å². The molecule has 0 aliphatic carbocycles. The molecule has 1 atom stereocenters. The highest BCUT2D eigenvalue weighted by atomic mass is 14.8. The molecule has 1 rings (SSSR count). The maximum Gasteiger partial charge on any atom is 0.0372 e. The number of rotatable bonds is 11. The Morgan fingerprint density at radius 2 is 1.55 bits per heavy atom. The highest BCUT2D eigenvalue weighted by Crippen LogP contribution is 2.32. The highest BCUT2D eigenvalue weighted by Gasteiger charge is 2.13. The Balaban J connectivity index is 2.47. The van der Waals surface area contributed by atoms with Gasteiger partial charge in [-0.25, -0.2) is 0 Å². The molecule has 114 valence electrons. The summed E-state index contributed by atoms with van der Waals surface area (Å²) in [5.41, 5.74) is 2.84. The van der Waals surface area contributed by atoms with Gasteiger partial charge in [0.1, 0.15) is 0 Å². The van der Waals surface area contributed by atoms with E-state index in [1.165, 1.54) is 69.0 Å². The van der Waals surface area contributed by atoms with Crippen LogP contribution in [0.5, 0.6) is 0 Å². The summed E-state index contributed by atoms with van der Waals surface area (Å²) in [6.45, 7) is 4.59. The highest BCUT2D eigenvalue weighted by molar-refractivity contribution is 5.52. The van der Waals surface area contributed by atoms with Crippen molar-refractivity contribution in [3.05, 3.63) is 29.8 Å². The van der Waals surface area contributed by atoms with Crippen LogP contribution < -0.4 is 5.32 Å². The van der Waals surface area contributed by atoms with Gasteiger partial charge in [-0.1, -0.05) is 77.0 Å². The molecule has 1 aromatic rings. The molecule has 0 saturated heterocycles. The zero-order valence-corrected chi connectivity index (χ0v) is 13.8. The fraction of sp³-hybridized carbons (Fsp3) is 0.684. The van der Waals surface area contributed by atoms with Gasteiger partial charge in [-0.3, -0.25) is 0 Å². The van der Waals surface area contributed by atoms with Gasteiger partial charge in [-0.2, -0.15) is 0 Å². The molecule has 0 fully saturated rings. The van der Waals surface area contributed by atoms with E-state index < -0.39 is 0 Å². The molecular formula is C19H33N. The lowest BCUT2D eigenvalue weighted by Gasteiger charge is -2.20. The molecule has 0 amide bonds. The topological polar surface area (TPSA) is 12.0 Å². The first-order chi connectivity index (χ1) is 9.83. The fourth-order valence-corrected chi connectivity index (χ4v) is 3.06. The van der Waals surface area contributed by atoms with Gasteiger partial charge in [-0.15, -0.1) is 0 Å². The van der Waals surface area contributed by atoms with Crippen LogP contribution in [0.25, 0.3) is 0 Å². The van der Waals surface area contributed by atoms with Crippen LogP contribution in [0.15, 0.2) is 24.3 Å². The van der Waals surface area contributed by atoms with E-state index in [4.69, 9.17) is 0 Å². The molecule has 1 heteroatoms. The van der Waals surface area contributed by atoms with E-state index in [-0.39, 0.29) is 0 Å². The molecule has 0 spiro atoms. The minimum Gasteiger partial charge on any atom is -0.388 e. The van der Waals surface area contributed by atoms with E-state index >= 15 is 0 Å². The number of hydrogen-bond acceptors (Lipinski definition) is 1. The average molecular weight is 275 g/mol. The summed E-state index contributed by atoms with van der Waals surface area (Å²) in [6.07, 6.45) is 12.3. The molecule has 20 heavy (non-hydrogen) atoms. The van der Waals surface area contributed by atoms with Crippen LogP contribution in [0.4, 0.5) is 5.69 Å². The number of anilines is 1. The van der Waals surface area contributed by atoms with Gasteiger partial charge in [0, 0.05) is 12.7 Å². The Bertz CT molecular complexity index is 345. The zero-order chi connectivity index (χ0) is 14.6. The lowest BCUT2D eigenvalue weighted by molar-refractivity contribution is 0.513. The largest absolute Gasteiger partial charge is 0.388 e. The van der Waals surface area contributed by atoms with Crippen molar-refractivity contribution in [1.29, 1.82) is 0 Å². The third kappa shape index (κ3) is 5.98. The third-order valence-corrected chi connectivity index (χ3v) is 4.21. The van der Waals surface area contributed by atoms with Crippen molar-refractivity contribution in [3.63, 3.8) is 0 Å². The third-order valence-electron chi connectivity index (χ3n) is 4.21. The number of hydrogen-bond donors (Lipinski definition) is 1. The molecule has 1 aromatic carbocycles. The lowest BCUT2D eigenvalue weighted by atomic mass is 9.88. The molecule has 0 heterocycles. The van der Waals surface area contributed by atoms with Gasteiger partial charge in [0.15, 0.2) is 0 Å². The van der Waals surface area contributed by atoms with Crippen molar-refractivity contribution in [3.8, 4) is 0 Å². The summed E-state index contributed by atoms with van der Waals surface area (Å²) in [6, 6.07) is 8.83. The quantitative estimate of drug-likeness (QED) is 0.463. The van der Waals surface area contributed by atoms with Gasteiger partial charge >= 0.3 is 0 Å². The van der Waals surface area contributed by atoms with Crippen molar-refractivity contribution in [1.82, 2.24) is 0 Å². The maximum atomic E-state index is 3.35. The summed E-state index contributed by atoms with van der Waals surface area (Å²) in [7, 11) is 2.03. The molecule has 1 unspecified atom stereocenters. The van der Waals surface area contributed by atoms with Crippen LogP contribution in [-0.2, 0) is 0 Å². The van der Waals surface area contributed by atoms with Crippen molar-refractivity contribution >= 4 is 5.69 Å². The SMILES string of the molecule is CCCCCCCCC(CCC)c1ccccc1NC. The minimum absolute atomic E-state index is 0.731. The van der Waals surface area contributed by atoms with Crippen molar-refractivity contribution in [2.24, 2.45) is 0 Å². The van der Waals surface area contributed by atoms with Gasteiger partial charge in [0.05, 0.1) is 0 Å². The fourth-order valence-electron chi connectivity index (χ4n) is 3.06. The second-order valence-corrected chi connectivity index (χ2v) is 5.88. The zero-order valence-electron chi connectivity index (χ0n) is 13.8. The predicted molar refractivity (Wildman–Crippen MR) is 91.6 cm³/mol. The smallest absolute Gasteiger partial charge is 0.0372 e. The first-order valence-electron chi connectivity index (χ1n) is 8.60. The monoisotopic (exact) mass is 275 g/mol. The Labute approximate surface area is 126 Å². The minimum atomic E-state index is 0.731. The molecule has 0 aromatic heterocycles. The van der Waals surface area contributed by atoms with Gasteiger partial charge < -0.3 is 5.32 Å². The van der Waals surface area contributed by atoms with Crippen LogP contribution in [-0.4, -0.2) is 7.05 Å². The molecular weight excluding hydrogens is 242 g/mol. The molecule has 0 radical (unpaired) electrons. The molecule has 0 aliphatic rings. The molecule has 1 N–H and O–H groups in total. The Hall–Kier alpha value is -0.980. The van der Waals surface area contributed by atoms with Gasteiger partial charge in [0.2, 0.25) is 0 Å². The summed E-state index contributed by atoms with van der Waals surface area (Å²) < 4.78 is 0. The van der Waals surface area contributed by atoms with E-state index in [2.05, 4.69) is 43.4 Å². The summed E-state index contributed by atoms with van der Waals surface area (Å²) in [4.78, 5) is 0. The number of nitrogens with one attached hydrogen (secondary N) is 1. The van der Waals surface area contributed by atoms with Crippen LogP contribution >= 0.6 is 0 Å². The van der Waals surface area contributed by atoms with Crippen molar-refractivity contribution in [2.75, 3.05) is 12.4 Å². The van der Waals surface area contributed by atoms with E-state index in [0.29, 0.717) is 0 Å². The molecule has 1 nitrogen and oxygen atoms in total. The standard InChI is InChI=1S/C19H33N/c1-4-6-7-8-9-10-14-17(13-5-2)18-15-11-12-16-19(18)20-3/h11-12,15-17,20H,4-10,13-14H2,1-3H3. The Kier molecular flexibility index (Phi) is 9.19. The molecule has 0 saturated carbocycles. The van der Waals surface area contributed by atoms with E-state index in [1.807, 2.05) is 7.05 Å². The Morgan fingerprint density at radius 3 is 2.25 bits per heavy atom. The second kappa shape index (κ2) is 10.8. The lowest BCUT2D eigenvalue weighted by Crippen LogP contribution is -2.03. The summed E-state index contributed by atoms with van der Waals surface area (Å²) >= 11 is 0. The normalized spacial score (nSPS) is 12.3. The Morgan fingerprint density at radius 1 is 0.850 bits per heavy atom.